The van der Waals surface area contributed by atoms with Crippen molar-refractivity contribution >= 4 is 23.6 Å². The van der Waals surface area contributed by atoms with Crippen LogP contribution in [0.1, 0.15) is 26.5 Å². The minimum Gasteiger partial charge on any atom is -0.463 e. The summed E-state index contributed by atoms with van der Waals surface area (Å²) in [6.45, 7) is 2.11. The molecule has 9 heteroatoms. The summed E-state index contributed by atoms with van der Waals surface area (Å²) in [5.41, 5.74) is 2.37. The van der Waals surface area contributed by atoms with Gasteiger partial charge < -0.3 is 19.5 Å². The molecule has 3 rings (SSSR count). The fourth-order valence-electron chi connectivity index (χ4n) is 2.50. The maximum absolute atomic E-state index is 12.0. The Morgan fingerprint density at radius 2 is 1.73 bits per heavy atom. The molecule has 0 aliphatic heterocycles. The Morgan fingerprint density at radius 1 is 1.00 bits per heavy atom. The molecule has 2 aromatic carbocycles. The predicted octanol–water partition coefficient (Wildman–Crippen LogP) is 2.95. The van der Waals surface area contributed by atoms with Crippen LogP contribution in [0.15, 0.2) is 54.6 Å². The number of esters is 2. The van der Waals surface area contributed by atoms with Gasteiger partial charge in [0.2, 0.25) is 11.8 Å². The Hall–Kier alpha value is -3.72. The molecule has 0 amide bonds. The summed E-state index contributed by atoms with van der Waals surface area (Å²) in [7, 11) is 1.26. The Kier molecular flexibility index (Phi) is 7.12. The normalized spacial score (nSPS) is 10.5. The van der Waals surface area contributed by atoms with Crippen molar-refractivity contribution in [1.29, 1.82) is 0 Å². The molecule has 0 fully saturated rings. The summed E-state index contributed by atoms with van der Waals surface area (Å²) in [6.07, 6.45) is 0. The Morgan fingerprint density at radius 3 is 2.43 bits per heavy atom. The summed E-state index contributed by atoms with van der Waals surface area (Å²) < 4.78 is 16.6. The van der Waals surface area contributed by atoms with Crippen molar-refractivity contribution in [3.63, 3.8) is 0 Å². The van der Waals surface area contributed by atoms with Crippen LogP contribution < -0.4 is 5.32 Å². The third kappa shape index (κ3) is 5.65. The molecule has 0 aliphatic rings. The lowest BCUT2D eigenvalue weighted by Crippen LogP contribution is -2.17. The standard InChI is InChI=1S/C21H22N4O5/c1-15-8-10-17(11-9-15)22-21-23-18(20(27)28-2)25(24-21)14-29-12-13-30-19(26)16-6-4-3-5-7-16/h3-11H,12-14H2,1-2H3,(H,22,24). The number of rotatable bonds is 9. The van der Waals surface area contributed by atoms with Crippen LogP contribution in [0.5, 0.6) is 0 Å². The topological polar surface area (TPSA) is 105 Å². The van der Waals surface area contributed by atoms with E-state index in [0.29, 0.717) is 5.56 Å². The Bertz CT molecular complexity index is 986. The maximum atomic E-state index is 12.0. The van der Waals surface area contributed by atoms with Crippen molar-refractivity contribution in [2.24, 2.45) is 0 Å². The molecule has 0 radical (unpaired) electrons. The molecule has 9 nitrogen and oxygen atoms in total. The molecule has 0 bridgehead atoms. The van der Waals surface area contributed by atoms with E-state index in [4.69, 9.17) is 14.2 Å². The van der Waals surface area contributed by atoms with Gasteiger partial charge in [-0.15, -0.1) is 5.10 Å². The van der Waals surface area contributed by atoms with Gasteiger partial charge in [0.25, 0.3) is 0 Å². The minimum atomic E-state index is -0.640. The maximum Gasteiger partial charge on any atom is 0.375 e. The lowest BCUT2D eigenvalue weighted by Gasteiger charge is -2.07. The van der Waals surface area contributed by atoms with Crippen molar-refractivity contribution < 1.29 is 23.8 Å². The number of hydrogen-bond donors (Lipinski definition) is 1. The van der Waals surface area contributed by atoms with Crippen LogP contribution in [0.4, 0.5) is 11.6 Å². The molecule has 1 heterocycles. The van der Waals surface area contributed by atoms with Crippen molar-refractivity contribution in [3.8, 4) is 0 Å². The second-order valence-electron chi connectivity index (χ2n) is 6.28. The minimum absolute atomic E-state index is 0.00612. The Balaban J connectivity index is 1.55. The molecular weight excluding hydrogens is 388 g/mol. The highest BCUT2D eigenvalue weighted by atomic mass is 16.6. The second kappa shape index (κ2) is 10.2. The highest BCUT2D eigenvalue weighted by Gasteiger charge is 2.18. The molecule has 0 atom stereocenters. The second-order valence-corrected chi connectivity index (χ2v) is 6.28. The Labute approximate surface area is 173 Å². The van der Waals surface area contributed by atoms with E-state index >= 15 is 0 Å². The quantitative estimate of drug-likeness (QED) is 0.424. The number of nitrogens with one attached hydrogen (secondary N) is 1. The molecule has 1 aromatic heterocycles. The molecule has 30 heavy (non-hydrogen) atoms. The molecule has 0 unspecified atom stereocenters. The van der Waals surface area contributed by atoms with Gasteiger partial charge in [0.05, 0.1) is 19.3 Å². The van der Waals surface area contributed by atoms with Crippen LogP contribution in [0.2, 0.25) is 0 Å². The zero-order valence-corrected chi connectivity index (χ0v) is 16.7. The smallest absolute Gasteiger partial charge is 0.375 e. The van der Waals surface area contributed by atoms with Gasteiger partial charge in [0.15, 0.2) is 0 Å². The van der Waals surface area contributed by atoms with Crippen molar-refractivity contribution in [2.75, 3.05) is 25.6 Å². The number of benzene rings is 2. The van der Waals surface area contributed by atoms with Crippen LogP contribution in [0, 0.1) is 6.92 Å². The molecule has 1 N–H and O–H groups in total. The van der Waals surface area contributed by atoms with E-state index < -0.39 is 11.9 Å². The van der Waals surface area contributed by atoms with E-state index in [1.54, 1.807) is 24.3 Å². The monoisotopic (exact) mass is 410 g/mol. The third-order valence-electron chi connectivity index (χ3n) is 4.03. The lowest BCUT2D eigenvalue weighted by molar-refractivity contribution is 0.0129. The first kappa shape index (κ1) is 21.0. The number of carbonyl (C=O) groups excluding carboxylic acids is 2. The first-order valence-electron chi connectivity index (χ1n) is 9.23. The van der Waals surface area contributed by atoms with E-state index in [0.717, 1.165) is 11.3 Å². The number of hydrogen-bond acceptors (Lipinski definition) is 8. The largest absolute Gasteiger partial charge is 0.463 e. The van der Waals surface area contributed by atoms with Gasteiger partial charge in [-0.2, -0.15) is 4.98 Å². The van der Waals surface area contributed by atoms with E-state index in [9.17, 15) is 9.59 Å². The molecule has 0 saturated carbocycles. The highest BCUT2D eigenvalue weighted by Crippen LogP contribution is 2.15. The van der Waals surface area contributed by atoms with Gasteiger partial charge in [0.1, 0.15) is 13.3 Å². The zero-order valence-electron chi connectivity index (χ0n) is 16.7. The fourth-order valence-corrected chi connectivity index (χ4v) is 2.50. The third-order valence-corrected chi connectivity index (χ3v) is 4.03. The average molecular weight is 410 g/mol. The van der Waals surface area contributed by atoms with Gasteiger partial charge >= 0.3 is 11.9 Å². The molecule has 0 aliphatic carbocycles. The predicted molar refractivity (Wildman–Crippen MR) is 108 cm³/mol. The number of nitrogens with zero attached hydrogens (tertiary/aromatic N) is 3. The van der Waals surface area contributed by atoms with Crippen LogP contribution in [0.3, 0.4) is 0 Å². The van der Waals surface area contributed by atoms with E-state index in [2.05, 4.69) is 15.4 Å². The average Bonchev–Trinajstić information content (AvgIpc) is 3.17. The molecule has 156 valence electrons. The zero-order chi connectivity index (χ0) is 21.3. The number of aromatic nitrogens is 3. The van der Waals surface area contributed by atoms with Gasteiger partial charge in [-0.25, -0.2) is 14.3 Å². The van der Waals surface area contributed by atoms with Gasteiger partial charge in [-0.3, -0.25) is 0 Å². The highest BCUT2D eigenvalue weighted by molar-refractivity contribution is 5.89. The molecule has 0 spiro atoms. The molecule has 3 aromatic rings. The first-order valence-corrected chi connectivity index (χ1v) is 9.23. The lowest BCUT2D eigenvalue weighted by atomic mass is 10.2. The first-order chi connectivity index (χ1) is 14.6. The van der Waals surface area contributed by atoms with E-state index in [-0.39, 0.29) is 31.7 Å². The van der Waals surface area contributed by atoms with Gasteiger partial charge in [-0.1, -0.05) is 35.9 Å². The molecule has 0 saturated heterocycles. The number of aryl methyl sites for hydroxylation is 1. The number of carbonyl (C=O) groups is 2. The SMILES string of the molecule is COC(=O)c1nc(Nc2ccc(C)cc2)nn1COCCOC(=O)c1ccccc1. The summed E-state index contributed by atoms with van der Waals surface area (Å²) in [4.78, 5) is 28.0. The fraction of sp³-hybridized carbons (Fsp3) is 0.238. The molecular formula is C21H22N4O5. The van der Waals surface area contributed by atoms with Crippen molar-refractivity contribution in [2.45, 2.75) is 13.7 Å². The van der Waals surface area contributed by atoms with E-state index in [1.807, 2.05) is 37.3 Å². The summed E-state index contributed by atoms with van der Waals surface area (Å²) in [5.74, 6) is -0.842. The number of methoxy groups -OCH3 is 1. The van der Waals surface area contributed by atoms with Crippen LogP contribution >= 0.6 is 0 Å². The number of anilines is 2. The summed E-state index contributed by atoms with van der Waals surface area (Å²) >= 11 is 0. The summed E-state index contributed by atoms with van der Waals surface area (Å²) in [6, 6.07) is 16.3. The van der Waals surface area contributed by atoms with Crippen LogP contribution in [-0.2, 0) is 20.9 Å². The van der Waals surface area contributed by atoms with Crippen LogP contribution in [-0.4, -0.2) is 47.0 Å². The van der Waals surface area contributed by atoms with E-state index in [1.165, 1.54) is 11.8 Å². The van der Waals surface area contributed by atoms with Crippen molar-refractivity contribution in [1.82, 2.24) is 14.8 Å². The van der Waals surface area contributed by atoms with Crippen molar-refractivity contribution in [3.05, 3.63) is 71.5 Å². The van der Waals surface area contributed by atoms with Crippen LogP contribution in [0.25, 0.3) is 0 Å². The summed E-state index contributed by atoms with van der Waals surface area (Å²) in [5, 5.41) is 7.27. The number of ether oxygens (including phenoxy) is 3. The van der Waals surface area contributed by atoms with Gasteiger partial charge in [0, 0.05) is 5.69 Å². The van der Waals surface area contributed by atoms with Gasteiger partial charge in [-0.05, 0) is 31.2 Å².